The van der Waals surface area contributed by atoms with Crippen LogP contribution in [0.3, 0.4) is 0 Å². The highest BCUT2D eigenvalue weighted by atomic mass is 35.5. The van der Waals surface area contributed by atoms with Gasteiger partial charge in [0.2, 0.25) is 11.8 Å². The molecule has 27 heavy (non-hydrogen) atoms. The molecule has 0 spiro atoms. The Hall–Kier alpha value is -3.38. The Morgan fingerprint density at radius 2 is 1.93 bits per heavy atom. The molecule has 2 aromatic heterocycles. The third kappa shape index (κ3) is 3.75. The Morgan fingerprint density at radius 3 is 2.67 bits per heavy atom. The van der Waals surface area contributed by atoms with E-state index in [0.717, 1.165) is 5.56 Å². The second kappa shape index (κ2) is 7.47. The minimum Gasteiger partial charge on any atom is -0.461 e. The molecule has 0 aliphatic heterocycles. The molecule has 0 fully saturated rings. The molecular formula is C20H15ClN4O2. The highest BCUT2D eigenvalue weighted by molar-refractivity contribution is 6.31. The van der Waals surface area contributed by atoms with Crippen molar-refractivity contribution in [3.05, 3.63) is 89.1 Å². The van der Waals surface area contributed by atoms with Crippen molar-refractivity contribution in [3.63, 3.8) is 0 Å². The van der Waals surface area contributed by atoms with Gasteiger partial charge in [-0.05, 0) is 35.9 Å². The fraction of sp³-hybridized carbons (Fsp3) is 0.0500. The van der Waals surface area contributed by atoms with Crippen LogP contribution in [0.5, 0.6) is 0 Å². The molecular weight excluding hydrogens is 364 g/mol. The summed E-state index contributed by atoms with van der Waals surface area (Å²) in [6.45, 7) is 0.500. The molecule has 0 radical (unpaired) electrons. The van der Waals surface area contributed by atoms with E-state index < -0.39 is 0 Å². The van der Waals surface area contributed by atoms with Gasteiger partial charge < -0.3 is 9.73 Å². The molecule has 0 unspecified atom stereocenters. The third-order valence-corrected chi connectivity index (χ3v) is 4.14. The topological polar surface area (TPSA) is 73.0 Å². The van der Waals surface area contributed by atoms with Gasteiger partial charge in [-0.1, -0.05) is 48.0 Å². The number of nitrogens with one attached hydrogen (secondary N) is 1. The predicted molar refractivity (Wildman–Crippen MR) is 103 cm³/mol. The summed E-state index contributed by atoms with van der Waals surface area (Å²) in [6, 6.07) is 20.0. The Bertz CT molecular complexity index is 1060. The number of rotatable bonds is 5. The van der Waals surface area contributed by atoms with Gasteiger partial charge in [-0.15, -0.1) is 5.10 Å². The lowest BCUT2D eigenvalue weighted by Crippen LogP contribution is -2.17. The highest BCUT2D eigenvalue weighted by Gasteiger charge is 2.20. The van der Waals surface area contributed by atoms with Crippen LogP contribution in [0.25, 0.3) is 11.6 Å². The summed E-state index contributed by atoms with van der Waals surface area (Å²) < 4.78 is 6.59. The summed E-state index contributed by atoms with van der Waals surface area (Å²) in [4.78, 5) is 17.4. The van der Waals surface area contributed by atoms with Crippen molar-refractivity contribution < 1.29 is 9.21 Å². The summed E-state index contributed by atoms with van der Waals surface area (Å²) in [6.07, 6.45) is 1.53. The minimum absolute atomic E-state index is 0.325. The number of carbonyl (C=O) groups is 1. The van der Waals surface area contributed by atoms with Crippen LogP contribution in [0.2, 0.25) is 5.02 Å². The van der Waals surface area contributed by atoms with Crippen LogP contribution in [-0.2, 0) is 6.54 Å². The molecule has 2 heterocycles. The molecule has 0 saturated carbocycles. The number of nitrogens with zero attached hydrogens (tertiary/aromatic N) is 3. The molecule has 0 amide bonds. The fourth-order valence-corrected chi connectivity index (χ4v) is 2.79. The molecule has 6 nitrogen and oxygen atoms in total. The maximum absolute atomic E-state index is 12.9. The SMILES string of the molecule is O=C(c1cccc(Cl)c1)n1nc(-c2ccco2)nc1NCc1ccccc1. The molecule has 0 aliphatic rings. The summed E-state index contributed by atoms with van der Waals surface area (Å²) in [7, 11) is 0. The van der Waals surface area contributed by atoms with Gasteiger partial charge in [-0.3, -0.25) is 4.79 Å². The molecule has 7 heteroatoms. The van der Waals surface area contributed by atoms with Gasteiger partial charge in [0.25, 0.3) is 5.91 Å². The van der Waals surface area contributed by atoms with Gasteiger partial charge >= 0.3 is 0 Å². The Kier molecular flexibility index (Phi) is 4.72. The van der Waals surface area contributed by atoms with Gasteiger partial charge in [0.1, 0.15) is 0 Å². The van der Waals surface area contributed by atoms with E-state index in [2.05, 4.69) is 15.4 Å². The van der Waals surface area contributed by atoms with Crippen molar-refractivity contribution in [2.24, 2.45) is 0 Å². The lowest BCUT2D eigenvalue weighted by molar-refractivity contribution is 0.0947. The number of hydrogen-bond donors (Lipinski definition) is 1. The number of carbonyl (C=O) groups excluding carboxylic acids is 1. The van der Waals surface area contributed by atoms with Gasteiger partial charge in [-0.25, -0.2) is 0 Å². The van der Waals surface area contributed by atoms with E-state index in [-0.39, 0.29) is 5.91 Å². The minimum atomic E-state index is -0.335. The molecule has 0 bridgehead atoms. The number of halogens is 1. The maximum atomic E-state index is 12.9. The zero-order valence-electron chi connectivity index (χ0n) is 14.2. The van der Waals surface area contributed by atoms with Gasteiger partial charge in [0, 0.05) is 17.1 Å². The first-order chi connectivity index (χ1) is 13.2. The fourth-order valence-electron chi connectivity index (χ4n) is 2.60. The van der Waals surface area contributed by atoms with Crippen LogP contribution in [0.15, 0.2) is 77.4 Å². The molecule has 4 rings (SSSR count). The maximum Gasteiger partial charge on any atom is 0.281 e. The number of furan rings is 1. The van der Waals surface area contributed by atoms with Crippen LogP contribution in [0.1, 0.15) is 15.9 Å². The Labute approximate surface area is 160 Å². The Morgan fingerprint density at radius 1 is 1.07 bits per heavy atom. The van der Waals surface area contributed by atoms with Gasteiger partial charge in [0.15, 0.2) is 5.76 Å². The van der Waals surface area contributed by atoms with Crippen molar-refractivity contribution >= 4 is 23.5 Å². The first kappa shape index (κ1) is 17.1. The zero-order valence-corrected chi connectivity index (χ0v) is 14.9. The third-order valence-electron chi connectivity index (χ3n) is 3.91. The lowest BCUT2D eigenvalue weighted by Gasteiger charge is -2.07. The van der Waals surface area contributed by atoms with E-state index in [9.17, 15) is 4.79 Å². The second-order valence-electron chi connectivity index (χ2n) is 5.80. The quantitative estimate of drug-likeness (QED) is 0.553. The van der Waals surface area contributed by atoms with E-state index in [1.807, 2.05) is 30.3 Å². The number of anilines is 1. The van der Waals surface area contributed by atoms with Crippen molar-refractivity contribution in [2.75, 3.05) is 5.32 Å². The van der Waals surface area contributed by atoms with E-state index in [0.29, 0.717) is 34.7 Å². The van der Waals surface area contributed by atoms with E-state index in [1.54, 1.807) is 36.4 Å². The van der Waals surface area contributed by atoms with Gasteiger partial charge in [0.05, 0.1) is 6.26 Å². The number of aromatic nitrogens is 3. The van der Waals surface area contributed by atoms with E-state index in [1.165, 1.54) is 10.9 Å². The zero-order chi connectivity index (χ0) is 18.6. The van der Waals surface area contributed by atoms with Crippen LogP contribution in [0, 0.1) is 0 Å². The van der Waals surface area contributed by atoms with Crippen LogP contribution < -0.4 is 5.32 Å². The number of hydrogen-bond acceptors (Lipinski definition) is 5. The first-order valence-electron chi connectivity index (χ1n) is 8.30. The van der Waals surface area contributed by atoms with Crippen molar-refractivity contribution in [1.29, 1.82) is 0 Å². The van der Waals surface area contributed by atoms with Crippen molar-refractivity contribution in [1.82, 2.24) is 14.8 Å². The lowest BCUT2D eigenvalue weighted by atomic mass is 10.2. The summed E-state index contributed by atoms with van der Waals surface area (Å²) in [5.41, 5.74) is 1.47. The molecule has 4 aromatic rings. The predicted octanol–water partition coefficient (Wildman–Crippen LogP) is 4.49. The summed E-state index contributed by atoms with van der Waals surface area (Å²) in [5, 5.41) is 7.98. The standard InChI is InChI=1S/C20H15ClN4O2/c21-16-9-4-8-15(12-16)19(26)25-20(22-13-14-6-2-1-3-7-14)23-18(24-25)17-10-5-11-27-17/h1-12H,13H2,(H,22,23,24). The monoisotopic (exact) mass is 378 g/mol. The molecule has 0 atom stereocenters. The second-order valence-corrected chi connectivity index (χ2v) is 6.24. The number of benzene rings is 2. The first-order valence-corrected chi connectivity index (χ1v) is 8.67. The van der Waals surface area contributed by atoms with Crippen LogP contribution in [0.4, 0.5) is 5.95 Å². The molecule has 0 saturated heterocycles. The molecule has 2 aromatic carbocycles. The smallest absolute Gasteiger partial charge is 0.281 e. The summed E-state index contributed by atoms with van der Waals surface area (Å²) in [5.74, 6) is 0.801. The van der Waals surface area contributed by atoms with Crippen molar-refractivity contribution in [2.45, 2.75) is 6.54 Å². The highest BCUT2D eigenvalue weighted by Crippen LogP contribution is 2.20. The average Bonchev–Trinajstić information content (AvgIpc) is 3.36. The van der Waals surface area contributed by atoms with E-state index in [4.69, 9.17) is 16.0 Å². The van der Waals surface area contributed by atoms with Gasteiger partial charge in [-0.2, -0.15) is 9.67 Å². The van der Waals surface area contributed by atoms with Crippen molar-refractivity contribution in [3.8, 4) is 11.6 Å². The molecule has 1 N–H and O–H groups in total. The van der Waals surface area contributed by atoms with E-state index >= 15 is 0 Å². The Balaban J connectivity index is 1.69. The average molecular weight is 379 g/mol. The molecule has 134 valence electrons. The normalized spacial score (nSPS) is 10.7. The van der Waals surface area contributed by atoms with Crippen LogP contribution >= 0.6 is 11.6 Å². The summed E-state index contributed by atoms with van der Waals surface area (Å²) >= 11 is 6.02. The molecule has 0 aliphatic carbocycles. The van der Waals surface area contributed by atoms with Crippen LogP contribution in [-0.4, -0.2) is 20.7 Å². The largest absolute Gasteiger partial charge is 0.461 e.